The fourth-order valence-electron chi connectivity index (χ4n) is 4.73. The van der Waals surface area contributed by atoms with Crippen molar-refractivity contribution >= 4 is 34.3 Å². The lowest BCUT2D eigenvalue weighted by Gasteiger charge is -2.13. The molecule has 5 rings (SSSR count). The molecule has 0 radical (unpaired) electrons. The van der Waals surface area contributed by atoms with Crippen molar-refractivity contribution in [3.8, 4) is 11.1 Å². The van der Waals surface area contributed by atoms with E-state index in [1.165, 1.54) is 0 Å². The van der Waals surface area contributed by atoms with Gasteiger partial charge in [-0.2, -0.15) is 5.10 Å². The van der Waals surface area contributed by atoms with Gasteiger partial charge in [-0.3, -0.25) is 19.6 Å². The van der Waals surface area contributed by atoms with Crippen LogP contribution < -0.4 is 21.5 Å². The van der Waals surface area contributed by atoms with Crippen LogP contribution in [0.15, 0.2) is 64.0 Å². The standard InChI is InChI=1S/C30H31N7O4/c1-16(2)37-26-13-21(20-6-8-22(9-7-20)34-30(40)35-27-11-19(5)41-36-27)12-23(25(26)15-32-37)28(38)31-14-24-17(3)10-18(4)33-29(24)39/h6-13,15-16H,14H2,1-5H3,(H,31,38)(H,33,39)(H2,34,35,36,40). The summed E-state index contributed by atoms with van der Waals surface area (Å²) in [6.45, 7) is 9.56. The Morgan fingerprint density at radius 3 is 2.41 bits per heavy atom. The Kier molecular flexibility index (Phi) is 7.43. The van der Waals surface area contributed by atoms with Gasteiger partial charge in [-0.05, 0) is 81.6 Å². The third kappa shape index (κ3) is 5.88. The van der Waals surface area contributed by atoms with E-state index in [0.717, 1.165) is 27.9 Å². The number of aromatic nitrogens is 4. The largest absolute Gasteiger partial charge is 0.360 e. The fourth-order valence-corrected chi connectivity index (χ4v) is 4.73. The van der Waals surface area contributed by atoms with Gasteiger partial charge in [0.2, 0.25) is 0 Å². The van der Waals surface area contributed by atoms with Crippen LogP contribution in [-0.2, 0) is 6.54 Å². The molecule has 2 aromatic carbocycles. The van der Waals surface area contributed by atoms with Crippen molar-refractivity contribution in [1.29, 1.82) is 0 Å². The summed E-state index contributed by atoms with van der Waals surface area (Å²) < 4.78 is 6.84. The van der Waals surface area contributed by atoms with Crippen LogP contribution in [0.25, 0.3) is 22.0 Å². The zero-order chi connectivity index (χ0) is 29.3. The summed E-state index contributed by atoms with van der Waals surface area (Å²) in [4.78, 5) is 41.1. The topological polar surface area (TPSA) is 147 Å². The number of fused-ring (bicyclic) bond motifs is 1. The second-order valence-corrected chi connectivity index (χ2v) is 10.2. The Labute approximate surface area is 235 Å². The Morgan fingerprint density at radius 2 is 1.76 bits per heavy atom. The van der Waals surface area contributed by atoms with E-state index in [0.29, 0.717) is 33.8 Å². The van der Waals surface area contributed by atoms with Crippen molar-refractivity contribution in [2.24, 2.45) is 0 Å². The van der Waals surface area contributed by atoms with Crippen LogP contribution in [0, 0.1) is 20.8 Å². The average molecular weight is 554 g/mol. The molecule has 0 unspecified atom stereocenters. The van der Waals surface area contributed by atoms with Gasteiger partial charge in [-0.25, -0.2) is 4.79 Å². The highest BCUT2D eigenvalue weighted by atomic mass is 16.5. The van der Waals surface area contributed by atoms with Gasteiger partial charge in [0, 0.05) is 41.0 Å². The number of nitrogens with zero attached hydrogens (tertiary/aromatic N) is 3. The molecule has 5 aromatic rings. The van der Waals surface area contributed by atoms with E-state index >= 15 is 0 Å². The van der Waals surface area contributed by atoms with Crippen molar-refractivity contribution < 1.29 is 14.1 Å². The van der Waals surface area contributed by atoms with E-state index in [9.17, 15) is 14.4 Å². The zero-order valence-corrected chi connectivity index (χ0v) is 23.5. The minimum absolute atomic E-state index is 0.0750. The zero-order valence-electron chi connectivity index (χ0n) is 23.5. The van der Waals surface area contributed by atoms with E-state index in [1.807, 2.05) is 62.7 Å². The van der Waals surface area contributed by atoms with E-state index in [2.05, 4.69) is 31.2 Å². The van der Waals surface area contributed by atoms with Crippen molar-refractivity contribution in [2.45, 2.75) is 47.2 Å². The van der Waals surface area contributed by atoms with E-state index in [1.54, 1.807) is 31.3 Å². The second-order valence-electron chi connectivity index (χ2n) is 10.2. The van der Waals surface area contributed by atoms with Gasteiger partial charge < -0.3 is 20.1 Å². The fraction of sp³-hybridized carbons (Fsp3) is 0.233. The number of hydrogen-bond donors (Lipinski definition) is 4. The van der Waals surface area contributed by atoms with Crippen LogP contribution in [0.2, 0.25) is 0 Å². The molecule has 3 heterocycles. The third-order valence-corrected chi connectivity index (χ3v) is 6.72. The number of benzene rings is 2. The lowest BCUT2D eigenvalue weighted by atomic mass is 9.99. The maximum Gasteiger partial charge on any atom is 0.324 e. The number of carbonyl (C=O) groups excluding carboxylic acids is 2. The summed E-state index contributed by atoms with van der Waals surface area (Å²) in [5, 5.41) is 17.3. The first-order valence-corrected chi connectivity index (χ1v) is 13.2. The van der Waals surface area contributed by atoms with Crippen LogP contribution in [0.4, 0.5) is 16.3 Å². The number of H-pyrrole nitrogens is 1. The number of anilines is 2. The number of aromatic amines is 1. The van der Waals surface area contributed by atoms with E-state index in [4.69, 9.17) is 4.52 Å². The number of pyridine rings is 1. The van der Waals surface area contributed by atoms with Crippen molar-refractivity contribution in [1.82, 2.24) is 25.2 Å². The molecular formula is C30H31N7O4. The molecular weight excluding hydrogens is 522 g/mol. The number of urea groups is 1. The molecule has 210 valence electrons. The van der Waals surface area contributed by atoms with Crippen LogP contribution in [0.1, 0.15) is 52.8 Å². The van der Waals surface area contributed by atoms with Gasteiger partial charge in [0.25, 0.3) is 11.5 Å². The van der Waals surface area contributed by atoms with Gasteiger partial charge in [-0.1, -0.05) is 17.3 Å². The Bertz CT molecular complexity index is 1810. The van der Waals surface area contributed by atoms with Gasteiger partial charge >= 0.3 is 6.03 Å². The molecule has 3 amide bonds. The molecule has 0 aliphatic rings. The number of amides is 3. The summed E-state index contributed by atoms with van der Waals surface area (Å²) in [6.07, 6.45) is 1.69. The minimum Gasteiger partial charge on any atom is -0.360 e. The Morgan fingerprint density at radius 1 is 1.00 bits per heavy atom. The first-order valence-electron chi connectivity index (χ1n) is 13.2. The molecule has 0 spiro atoms. The molecule has 0 aliphatic heterocycles. The third-order valence-electron chi connectivity index (χ3n) is 6.72. The Balaban J connectivity index is 1.42. The first-order chi connectivity index (χ1) is 19.6. The maximum atomic E-state index is 13.5. The van der Waals surface area contributed by atoms with Gasteiger partial charge in [0.15, 0.2) is 5.82 Å². The summed E-state index contributed by atoms with van der Waals surface area (Å²) in [7, 11) is 0. The SMILES string of the molecule is Cc1cc(C)c(CNC(=O)c2cc(-c3ccc(NC(=O)Nc4cc(C)on4)cc3)cc3c2cnn3C(C)C)c(=O)[nH]1. The van der Waals surface area contributed by atoms with Crippen LogP contribution >= 0.6 is 0 Å². The molecule has 11 nitrogen and oxygen atoms in total. The monoisotopic (exact) mass is 553 g/mol. The van der Waals surface area contributed by atoms with E-state index in [-0.39, 0.29) is 24.1 Å². The predicted octanol–water partition coefficient (Wildman–Crippen LogP) is 5.46. The summed E-state index contributed by atoms with van der Waals surface area (Å²) in [6, 6.07) is 14.2. The molecule has 11 heteroatoms. The second kappa shape index (κ2) is 11.1. The predicted molar refractivity (Wildman–Crippen MR) is 157 cm³/mol. The summed E-state index contributed by atoms with van der Waals surface area (Å²) in [5.74, 6) is 0.602. The lowest BCUT2D eigenvalue weighted by molar-refractivity contribution is 0.0952. The van der Waals surface area contributed by atoms with Crippen molar-refractivity contribution in [3.63, 3.8) is 0 Å². The number of hydrogen-bond acceptors (Lipinski definition) is 6. The van der Waals surface area contributed by atoms with Crippen molar-refractivity contribution in [2.75, 3.05) is 10.6 Å². The van der Waals surface area contributed by atoms with Crippen LogP contribution in [0.3, 0.4) is 0 Å². The molecule has 4 N–H and O–H groups in total. The molecule has 0 saturated heterocycles. The quantitative estimate of drug-likeness (QED) is 0.210. The molecule has 0 atom stereocenters. The average Bonchev–Trinajstić information content (AvgIpc) is 3.53. The highest BCUT2D eigenvalue weighted by molar-refractivity contribution is 6.08. The molecule has 0 fully saturated rings. The van der Waals surface area contributed by atoms with Crippen LogP contribution in [-0.4, -0.2) is 31.9 Å². The first kappa shape index (κ1) is 27.4. The molecule has 0 aliphatic carbocycles. The smallest absolute Gasteiger partial charge is 0.324 e. The van der Waals surface area contributed by atoms with Crippen molar-refractivity contribution in [3.05, 3.63) is 93.2 Å². The molecule has 0 saturated carbocycles. The lowest BCUT2D eigenvalue weighted by Crippen LogP contribution is -2.28. The highest BCUT2D eigenvalue weighted by Gasteiger charge is 2.18. The number of nitrogens with one attached hydrogen (secondary N) is 4. The van der Waals surface area contributed by atoms with Gasteiger partial charge in [0.1, 0.15) is 5.76 Å². The molecule has 0 bridgehead atoms. The normalized spacial score (nSPS) is 11.2. The summed E-state index contributed by atoms with van der Waals surface area (Å²) in [5.41, 5.74) is 5.39. The molecule has 3 aromatic heterocycles. The summed E-state index contributed by atoms with van der Waals surface area (Å²) >= 11 is 0. The Hall–Kier alpha value is -5.19. The van der Waals surface area contributed by atoms with E-state index < -0.39 is 6.03 Å². The van der Waals surface area contributed by atoms with Crippen LogP contribution in [0.5, 0.6) is 0 Å². The number of rotatable bonds is 7. The minimum atomic E-state index is -0.449. The van der Waals surface area contributed by atoms with Gasteiger partial charge in [0.05, 0.1) is 17.3 Å². The maximum absolute atomic E-state index is 13.5. The highest BCUT2D eigenvalue weighted by Crippen LogP contribution is 2.30. The number of carbonyl (C=O) groups is 2. The molecule has 41 heavy (non-hydrogen) atoms. The number of aryl methyl sites for hydroxylation is 3. The van der Waals surface area contributed by atoms with Gasteiger partial charge in [-0.15, -0.1) is 0 Å².